The van der Waals surface area contributed by atoms with Crippen LogP contribution in [-0.4, -0.2) is 52.0 Å². The summed E-state index contributed by atoms with van der Waals surface area (Å²) < 4.78 is 7.19. The van der Waals surface area contributed by atoms with E-state index in [0.717, 1.165) is 16.5 Å². The standard InChI is InChI=1S/C13H19N3O3S/c1-15(9-13(18)2-5-19-6-3-13)11-10(8-17)16-4-7-20-12(16)14-11/h4,7,17-18H,2-3,5-6,8-9H2,1H3. The smallest absolute Gasteiger partial charge is 0.195 e. The second-order valence-corrected chi connectivity index (χ2v) is 6.16. The molecule has 0 radical (unpaired) electrons. The second kappa shape index (κ2) is 5.33. The Morgan fingerprint density at radius 3 is 2.95 bits per heavy atom. The Hall–Kier alpha value is -1.15. The van der Waals surface area contributed by atoms with Crippen molar-refractivity contribution in [3.63, 3.8) is 0 Å². The van der Waals surface area contributed by atoms with Gasteiger partial charge in [-0.2, -0.15) is 0 Å². The minimum absolute atomic E-state index is 0.0703. The maximum absolute atomic E-state index is 10.6. The topological polar surface area (TPSA) is 70.2 Å². The Kier molecular flexibility index (Phi) is 3.68. The van der Waals surface area contributed by atoms with Crippen molar-refractivity contribution in [2.75, 3.05) is 31.7 Å². The van der Waals surface area contributed by atoms with Gasteiger partial charge in [0.05, 0.1) is 17.9 Å². The van der Waals surface area contributed by atoms with E-state index < -0.39 is 5.60 Å². The molecule has 6 nitrogen and oxygen atoms in total. The lowest BCUT2D eigenvalue weighted by Gasteiger charge is -2.35. The molecule has 7 heteroatoms. The Bertz CT molecular complexity index is 589. The molecule has 0 atom stereocenters. The lowest BCUT2D eigenvalue weighted by Crippen LogP contribution is -2.46. The van der Waals surface area contributed by atoms with Gasteiger partial charge < -0.3 is 19.8 Å². The molecule has 20 heavy (non-hydrogen) atoms. The van der Waals surface area contributed by atoms with Crippen LogP contribution in [0.25, 0.3) is 4.96 Å². The highest BCUT2D eigenvalue weighted by molar-refractivity contribution is 7.15. The number of aliphatic hydroxyl groups is 2. The van der Waals surface area contributed by atoms with Crippen LogP contribution in [0.3, 0.4) is 0 Å². The summed E-state index contributed by atoms with van der Waals surface area (Å²) in [7, 11) is 1.90. The maximum atomic E-state index is 10.6. The van der Waals surface area contributed by atoms with Gasteiger partial charge >= 0.3 is 0 Å². The molecule has 0 spiro atoms. The van der Waals surface area contributed by atoms with E-state index in [-0.39, 0.29) is 6.61 Å². The molecular weight excluding hydrogens is 278 g/mol. The van der Waals surface area contributed by atoms with E-state index >= 15 is 0 Å². The number of thiazole rings is 1. The highest BCUT2D eigenvalue weighted by atomic mass is 32.1. The lowest BCUT2D eigenvalue weighted by molar-refractivity contribution is -0.0573. The van der Waals surface area contributed by atoms with Crippen molar-refractivity contribution in [2.45, 2.75) is 25.0 Å². The van der Waals surface area contributed by atoms with Crippen LogP contribution in [0.4, 0.5) is 5.82 Å². The Morgan fingerprint density at radius 2 is 2.25 bits per heavy atom. The van der Waals surface area contributed by atoms with Gasteiger partial charge in [-0.3, -0.25) is 4.40 Å². The largest absolute Gasteiger partial charge is 0.390 e. The molecule has 1 aliphatic rings. The fourth-order valence-corrected chi connectivity index (χ4v) is 3.43. The minimum Gasteiger partial charge on any atom is -0.390 e. The van der Waals surface area contributed by atoms with Gasteiger partial charge in [-0.25, -0.2) is 4.98 Å². The van der Waals surface area contributed by atoms with Gasteiger partial charge in [-0.15, -0.1) is 11.3 Å². The second-order valence-electron chi connectivity index (χ2n) is 5.29. The minimum atomic E-state index is -0.739. The van der Waals surface area contributed by atoms with E-state index in [1.807, 2.05) is 27.9 Å². The van der Waals surface area contributed by atoms with E-state index in [2.05, 4.69) is 4.98 Å². The average molecular weight is 297 g/mol. The number of anilines is 1. The van der Waals surface area contributed by atoms with Crippen LogP contribution in [0.1, 0.15) is 18.5 Å². The summed E-state index contributed by atoms with van der Waals surface area (Å²) in [6, 6.07) is 0. The zero-order valence-corrected chi connectivity index (χ0v) is 12.3. The monoisotopic (exact) mass is 297 g/mol. The number of likely N-dealkylation sites (N-methyl/N-ethyl adjacent to an activating group) is 1. The fourth-order valence-electron chi connectivity index (χ4n) is 2.70. The number of fused-ring (bicyclic) bond motifs is 1. The molecule has 0 unspecified atom stereocenters. The van der Waals surface area contributed by atoms with Gasteiger partial charge in [0.15, 0.2) is 10.8 Å². The zero-order chi connectivity index (χ0) is 14.2. The van der Waals surface area contributed by atoms with E-state index in [1.165, 1.54) is 11.3 Å². The number of aliphatic hydroxyl groups excluding tert-OH is 1. The summed E-state index contributed by atoms with van der Waals surface area (Å²) in [4.78, 5) is 7.33. The molecule has 1 saturated heterocycles. The van der Waals surface area contributed by atoms with Crippen LogP contribution in [0.2, 0.25) is 0 Å². The van der Waals surface area contributed by atoms with E-state index in [0.29, 0.717) is 32.6 Å². The molecule has 0 bridgehead atoms. The number of rotatable bonds is 4. The normalized spacial score (nSPS) is 18.6. The summed E-state index contributed by atoms with van der Waals surface area (Å²) in [6.07, 6.45) is 3.17. The quantitative estimate of drug-likeness (QED) is 0.876. The Labute approximate surface area is 121 Å². The molecule has 2 N–H and O–H groups in total. The first-order valence-corrected chi connectivity index (χ1v) is 7.57. The Morgan fingerprint density at radius 1 is 1.50 bits per heavy atom. The first-order chi connectivity index (χ1) is 9.63. The highest BCUT2D eigenvalue weighted by Gasteiger charge is 2.32. The molecule has 110 valence electrons. The van der Waals surface area contributed by atoms with E-state index in [1.54, 1.807) is 0 Å². The Balaban J connectivity index is 1.84. The van der Waals surface area contributed by atoms with Crippen molar-refractivity contribution in [2.24, 2.45) is 0 Å². The zero-order valence-electron chi connectivity index (χ0n) is 11.4. The summed E-state index contributed by atoms with van der Waals surface area (Å²) >= 11 is 1.53. The predicted molar refractivity (Wildman–Crippen MR) is 77.3 cm³/mol. The number of hydrogen-bond donors (Lipinski definition) is 2. The molecule has 2 aromatic heterocycles. The first kappa shape index (κ1) is 13.8. The number of aromatic nitrogens is 2. The van der Waals surface area contributed by atoms with Crippen molar-refractivity contribution in [1.82, 2.24) is 9.38 Å². The number of hydrogen-bond acceptors (Lipinski definition) is 6. The lowest BCUT2D eigenvalue weighted by atomic mass is 9.94. The summed E-state index contributed by atoms with van der Waals surface area (Å²) in [5.41, 5.74) is 0.0240. The van der Waals surface area contributed by atoms with Gasteiger partial charge in [0.2, 0.25) is 0 Å². The van der Waals surface area contributed by atoms with Crippen molar-refractivity contribution < 1.29 is 14.9 Å². The third-order valence-corrected chi connectivity index (χ3v) is 4.56. The molecule has 0 amide bonds. The maximum Gasteiger partial charge on any atom is 0.195 e. The SMILES string of the molecule is CN(CC1(O)CCOCC1)c1nc2sccn2c1CO. The molecule has 3 heterocycles. The van der Waals surface area contributed by atoms with Crippen LogP contribution >= 0.6 is 11.3 Å². The highest BCUT2D eigenvalue weighted by Crippen LogP contribution is 2.27. The average Bonchev–Trinajstić information content (AvgIpc) is 2.98. The van der Waals surface area contributed by atoms with Gasteiger partial charge in [0.25, 0.3) is 0 Å². The summed E-state index contributed by atoms with van der Waals surface area (Å²) in [5.74, 6) is 0.735. The van der Waals surface area contributed by atoms with E-state index in [4.69, 9.17) is 4.74 Å². The van der Waals surface area contributed by atoms with Crippen molar-refractivity contribution in [1.29, 1.82) is 0 Å². The van der Waals surface area contributed by atoms with Crippen molar-refractivity contribution in [3.05, 3.63) is 17.3 Å². The van der Waals surface area contributed by atoms with Crippen molar-refractivity contribution in [3.8, 4) is 0 Å². The fraction of sp³-hybridized carbons (Fsp3) is 0.615. The van der Waals surface area contributed by atoms with Crippen LogP contribution < -0.4 is 4.90 Å². The van der Waals surface area contributed by atoms with Gasteiger partial charge in [-0.05, 0) is 0 Å². The van der Waals surface area contributed by atoms with Crippen molar-refractivity contribution >= 4 is 22.1 Å². The molecule has 0 saturated carbocycles. The van der Waals surface area contributed by atoms with Crippen LogP contribution in [-0.2, 0) is 11.3 Å². The third kappa shape index (κ3) is 2.42. The summed E-state index contributed by atoms with van der Waals surface area (Å²) in [6.45, 7) is 1.61. The predicted octanol–water partition coefficient (Wildman–Crippen LogP) is 0.866. The number of imidazole rings is 1. The van der Waals surface area contributed by atoms with Gasteiger partial charge in [-0.1, -0.05) is 0 Å². The van der Waals surface area contributed by atoms with E-state index in [9.17, 15) is 10.2 Å². The summed E-state index contributed by atoms with van der Waals surface area (Å²) in [5, 5.41) is 22.1. The molecule has 0 aliphatic carbocycles. The molecule has 3 rings (SSSR count). The van der Waals surface area contributed by atoms with Crippen LogP contribution in [0.15, 0.2) is 11.6 Å². The molecule has 2 aromatic rings. The van der Waals surface area contributed by atoms with Gasteiger partial charge in [0.1, 0.15) is 0 Å². The van der Waals surface area contributed by atoms with Crippen LogP contribution in [0, 0.1) is 0 Å². The molecule has 0 aromatic carbocycles. The number of ether oxygens (including phenoxy) is 1. The molecule has 1 fully saturated rings. The first-order valence-electron chi connectivity index (χ1n) is 6.69. The molecule has 1 aliphatic heterocycles. The molecular formula is C13H19N3O3S. The van der Waals surface area contributed by atoms with Crippen LogP contribution in [0.5, 0.6) is 0 Å². The van der Waals surface area contributed by atoms with Gasteiger partial charge in [0, 0.05) is 51.2 Å². The third-order valence-electron chi connectivity index (χ3n) is 3.81. The number of nitrogens with zero attached hydrogens (tertiary/aromatic N) is 3.